The van der Waals surface area contributed by atoms with Crippen molar-refractivity contribution in [3.05, 3.63) is 70.3 Å². The lowest BCUT2D eigenvalue weighted by Gasteiger charge is -2.22. The number of nitrogens with one attached hydrogen (secondary N) is 3. The van der Waals surface area contributed by atoms with Crippen molar-refractivity contribution in [1.29, 1.82) is 0 Å². The molecule has 0 bridgehead atoms. The van der Waals surface area contributed by atoms with Crippen LogP contribution < -0.4 is 16.0 Å². The Balaban J connectivity index is 1.92. The summed E-state index contributed by atoms with van der Waals surface area (Å²) in [6, 6.07) is 12.7. The van der Waals surface area contributed by atoms with Crippen LogP contribution in [0.3, 0.4) is 0 Å². The average molecular weight is 456 g/mol. The predicted octanol–water partition coefficient (Wildman–Crippen LogP) is 3.38. The third-order valence-electron chi connectivity index (χ3n) is 4.63. The highest BCUT2D eigenvalue weighted by Crippen LogP contribution is 2.16. The lowest BCUT2D eigenvalue weighted by Crippen LogP contribution is -2.52. The first-order valence-corrected chi connectivity index (χ1v) is 10.5. The molecule has 33 heavy (non-hydrogen) atoms. The summed E-state index contributed by atoms with van der Waals surface area (Å²) in [5.74, 6) is -0.919. The van der Waals surface area contributed by atoms with Gasteiger partial charge >= 0.3 is 6.09 Å². The van der Waals surface area contributed by atoms with Crippen LogP contribution in [0.1, 0.15) is 32.8 Å². The fourth-order valence-corrected chi connectivity index (χ4v) is 2.90. The molecule has 176 valence electrons. The third kappa shape index (κ3) is 8.60. The second-order valence-electron chi connectivity index (χ2n) is 7.91. The van der Waals surface area contributed by atoms with Crippen molar-refractivity contribution < 1.29 is 24.0 Å². The van der Waals surface area contributed by atoms with E-state index < -0.39 is 34.9 Å². The van der Waals surface area contributed by atoms with E-state index in [1.54, 1.807) is 0 Å². The number of rotatable bonds is 10. The van der Waals surface area contributed by atoms with Gasteiger partial charge in [0.05, 0.1) is 4.92 Å². The monoisotopic (exact) mass is 456 g/mol. The largest absolute Gasteiger partial charge is 0.445 e. The number of nitrogens with zero attached hydrogens (tertiary/aromatic N) is 1. The smallest absolute Gasteiger partial charge is 0.408 e. The molecule has 0 aliphatic heterocycles. The number of hydrogen-bond donors (Lipinski definition) is 3. The van der Waals surface area contributed by atoms with Crippen molar-refractivity contribution in [2.75, 3.05) is 5.32 Å². The number of nitro groups is 1. The number of anilines is 1. The van der Waals surface area contributed by atoms with Crippen LogP contribution in [-0.2, 0) is 20.9 Å². The zero-order valence-corrected chi connectivity index (χ0v) is 18.7. The molecule has 2 aromatic carbocycles. The van der Waals surface area contributed by atoms with Crippen LogP contribution in [0.25, 0.3) is 0 Å². The van der Waals surface area contributed by atoms with E-state index in [0.29, 0.717) is 12.1 Å². The first kappa shape index (κ1) is 25.3. The number of carbonyl (C=O) groups excluding carboxylic acids is 3. The van der Waals surface area contributed by atoms with Crippen molar-refractivity contribution in [3.63, 3.8) is 0 Å². The molecule has 10 nitrogen and oxygen atoms in total. The molecule has 0 spiro atoms. The Labute approximate surface area is 191 Å². The van der Waals surface area contributed by atoms with Gasteiger partial charge in [-0.05, 0) is 37.0 Å². The minimum Gasteiger partial charge on any atom is -0.445 e. The maximum atomic E-state index is 12.7. The van der Waals surface area contributed by atoms with Gasteiger partial charge in [-0.2, -0.15) is 0 Å². The molecular weight excluding hydrogens is 428 g/mol. The average Bonchev–Trinajstić information content (AvgIpc) is 2.77. The molecule has 0 unspecified atom stereocenters. The van der Waals surface area contributed by atoms with E-state index in [1.165, 1.54) is 31.2 Å². The van der Waals surface area contributed by atoms with E-state index in [2.05, 4.69) is 16.0 Å². The van der Waals surface area contributed by atoms with E-state index in [9.17, 15) is 24.5 Å². The van der Waals surface area contributed by atoms with E-state index >= 15 is 0 Å². The zero-order valence-electron chi connectivity index (χ0n) is 18.7. The molecule has 2 rings (SSSR count). The van der Waals surface area contributed by atoms with Crippen LogP contribution in [0.2, 0.25) is 0 Å². The molecule has 0 aromatic heterocycles. The van der Waals surface area contributed by atoms with Crippen LogP contribution in [0.5, 0.6) is 0 Å². The molecular formula is C23H28N4O6. The van der Waals surface area contributed by atoms with Gasteiger partial charge in [0, 0.05) is 17.8 Å². The Morgan fingerprint density at radius 2 is 1.58 bits per heavy atom. The van der Waals surface area contributed by atoms with Crippen molar-refractivity contribution in [2.24, 2.45) is 5.92 Å². The SMILES string of the molecule is CC(C)C[C@H](NC(=O)[C@H](C)NC(=O)OCc1ccccc1)C(=O)Nc1ccc([N+](=O)[O-])cc1. The van der Waals surface area contributed by atoms with Gasteiger partial charge in [-0.3, -0.25) is 19.7 Å². The molecule has 0 saturated heterocycles. The minimum absolute atomic E-state index is 0.0641. The highest BCUT2D eigenvalue weighted by Gasteiger charge is 2.25. The van der Waals surface area contributed by atoms with Crippen LogP contribution >= 0.6 is 0 Å². The summed E-state index contributed by atoms with van der Waals surface area (Å²) in [4.78, 5) is 47.6. The van der Waals surface area contributed by atoms with Gasteiger partial charge in [0.15, 0.2) is 0 Å². The number of benzene rings is 2. The van der Waals surface area contributed by atoms with Gasteiger partial charge in [0.2, 0.25) is 11.8 Å². The van der Waals surface area contributed by atoms with Gasteiger partial charge in [-0.25, -0.2) is 4.79 Å². The van der Waals surface area contributed by atoms with Crippen molar-refractivity contribution >= 4 is 29.3 Å². The third-order valence-corrected chi connectivity index (χ3v) is 4.63. The predicted molar refractivity (Wildman–Crippen MR) is 122 cm³/mol. The standard InChI is InChI=1S/C23H28N4O6/c1-15(2)13-20(22(29)25-18-9-11-19(12-10-18)27(31)32)26-21(28)16(3)24-23(30)33-14-17-7-5-4-6-8-17/h4-12,15-16,20H,13-14H2,1-3H3,(H,24,30)(H,25,29)(H,26,28)/t16-,20-/m0/s1. The summed E-state index contributed by atoms with van der Waals surface area (Å²) in [5, 5.41) is 18.5. The Morgan fingerprint density at radius 3 is 2.15 bits per heavy atom. The minimum atomic E-state index is -0.935. The fourth-order valence-electron chi connectivity index (χ4n) is 2.90. The topological polar surface area (TPSA) is 140 Å². The maximum Gasteiger partial charge on any atom is 0.408 e. The Bertz CT molecular complexity index is 963. The lowest BCUT2D eigenvalue weighted by atomic mass is 10.0. The maximum absolute atomic E-state index is 12.7. The number of non-ortho nitro benzene ring substituents is 1. The summed E-state index contributed by atoms with van der Waals surface area (Å²) >= 11 is 0. The normalized spacial score (nSPS) is 12.4. The molecule has 10 heteroatoms. The number of ether oxygens (including phenoxy) is 1. The lowest BCUT2D eigenvalue weighted by molar-refractivity contribution is -0.384. The molecule has 2 atom stereocenters. The molecule has 2 aromatic rings. The van der Waals surface area contributed by atoms with Crippen molar-refractivity contribution in [1.82, 2.24) is 10.6 Å². The molecule has 0 saturated carbocycles. The van der Waals surface area contributed by atoms with Crippen LogP contribution in [0, 0.1) is 16.0 Å². The van der Waals surface area contributed by atoms with Crippen LogP contribution in [0.4, 0.5) is 16.2 Å². The number of amides is 3. The van der Waals surface area contributed by atoms with E-state index in [1.807, 2.05) is 44.2 Å². The molecule has 3 N–H and O–H groups in total. The quantitative estimate of drug-likeness (QED) is 0.370. The molecule has 0 radical (unpaired) electrons. The first-order chi connectivity index (χ1) is 15.7. The second kappa shape index (κ2) is 12.2. The molecule has 3 amide bonds. The second-order valence-corrected chi connectivity index (χ2v) is 7.91. The van der Waals surface area contributed by atoms with Gasteiger partial charge in [0.25, 0.3) is 5.69 Å². The summed E-state index contributed by atoms with van der Waals surface area (Å²) in [6.45, 7) is 5.36. The Morgan fingerprint density at radius 1 is 0.939 bits per heavy atom. The van der Waals surface area contributed by atoms with Gasteiger partial charge in [-0.15, -0.1) is 0 Å². The number of nitro benzene ring substituents is 1. The summed E-state index contributed by atoms with van der Waals surface area (Å²) in [6.07, 6.45) is -0.396. The number of carbonyl (C=O) groups is 3. The molecule has 0 fully saturated rings. The van der Waals surface area contributed by atoms with Gasteiger partial charge in [-0.1, -0.05) is 44.2 Å². The van der Waals surface area contributed by atoms with Crippen molar-refractivity contribution in [3.8, 4) is 0 Å². The molecule has 0 aliphatic carbocycles. The summed E-state index contributed by atoms with van der Waals surface area (Å²) in [5.41, 5.74) is 1.08. The fraction of sp³-hybridized carbons (Fsp3) is 0.348. The van der Waals surface area contributed by atoms with Crippen LogP contribution in [-0.4, -0.2) is 34.9 Å². The van der Waals surface area contributed by atoms with Gasteiger partial charge in [0.1, 0.15) is 18.7 Å². The number of hydrogen-bond acceptors (Lipinski definition) is 6. The van der Waals surface area contributed by atoms with E-state index in [0.717, 1.165) is 5.56 Å². The molecule has 0 aliphatic rings. The van der Waals surface area contributed by atoms with Crippen LogP contribution in [0.15, 0.2) is 54.6 Å². The zero-order chi connectivity index (χ0) is 24.4. The van der Waals surface area contributed by atoms with Gasteiger partial charge < -0.3 is 20.7 Å². The summed E-state index contributed by atoms with van der Waals surface area (Å²) in [7, 11) is 0. The highest BCUT2D eigenvalue weighted by atomic mass is 16.6. The van der Waals surface area contributed by atoms with Crippen molar-refractivity contribution in [2.45, 2.75) is 45.9 Å². The Kier molecular flexibility index (Phi) is 9.34. The first-order valence-electron chi connectivity index (χ1n) is 10.5. The van der Waals surface area contributed by atoms with E-state index in [-0.39, 0.29) is 18.2 Å². The highest BCUT2D eigenvalue weighted by molar-refractivity contribution is 5.98. The summed E-state index contributed by atoms with van der Waals surface area (Å²) < 4.78 is 5.11. The van der Waals surface area contributed by atoms with E-state index in [4.69, 9.17) is 4.74 Å². The Hall–Kier alpha value is -3.95. The molecule has 0 heterocycles. The number of alkyl carbamates (subject to hydrolysis) is 1.